The summed E-state index contributed by atoms with van der Waals surface area (Å²) in [5, 5.41) is 5.36. The summed E-state index contributed by atoms with van der Waals surface area (Å²) in [6, 6.07) is 11.8. The second kappa shape index (κ2) is 5.71. The Balaban J connectivity index is 2.15. The Labute approximate surface area is 112 Å². The van der Waals surface area contributed by atoms with E-state index >= 15 is 0 Å². The van der Waals surface area contributed by atoms with Gasteiger partial charge in [-0.05, 0) is 41.5 Å². The van der Waals surface area contributed by atoms with Gasteiger partial charge < -0.3 is 15.8 Å². The molecule has 2 aromatic carbocycles. The number of hydrogen-bond donors (Lipinski definition) is 2. The van der Waals surface area contributed by atoms with E-state index in [4.69, 9.17) is 10.5 Å². The van der Waals surface area contributed by atoms with Crippen LogP contribution >= 0.6 is 0 Å². The number of carbonyl (C=O) groups excluding carboxylic acids is 1. The first-order valence-electron chi connectivity index (χ1n) is 6.19. The zero-order valence-electron chi connectivity index (χ0n) is 11.1. The van der Waals surface area contributed by atoms with Crippen molar-refractivity contribution < 1.29 is 9.53 Å². The van der Waals surface area contributed by atoms with Gasteiger partial charge in [-0.2, -0.15) is 0 Å². The van der Waals surface area contributed by atoms with E-state index in [2.05, 4.69) is 11.4 Å². The second-order valence-electron chi connectivity index (χ2n) is 4.55. The maximum absolute atomic E-state index is 10.9. The van der Waals surface area contributed by atoms with Crippen LogP contribution in [0.5, 0.6) is 5.75 Å². The lowest BCUT2D eigenvalue weighted by atomic mass is 10.1. The molecule has 0 spiro atoms. The van der Waals surface area contributed by atoms with E-state index < -0.39 is 0 Å². The van der Waals surface area contributed by atoms with Gasteiger partial charge in [-0.25, -0.2) is 0 Å². The minimum Gasteiger partial charge on any atom is -0.497 e. The maximum atomic E-state index is 10.9. The van der Waals surface area contributed by atoms with Crippen LogP contribution in [0.4, 0.5) is 0 Å². The summed E-state index contributed by atoms with van der Waals surface area (Å²) in [7, 11) is 1.66. The van der Waals surface area contributed by atoms with Crippen LogP contribution in [-0.2, 0) is 11.3 Å². The lowest BCUT2D eigenvalue weighted by Gasteiger charge is -2.10. The zero-order chi connectivity index (χ0) is 13.8. The molecule has 19 heavy (non-hydrogen) atoms. The smallest absolute Gasteiger partial charge is 0.234 e. The van der Waals surface area contributed by atoms with Crippen molar-refractivity contribution in [2.24, 2.45) is 5.73 Å². The molecule has 1 unspecified atom stereocenters. The van der Waals surface area contributed by atoms with Crippen molar-refractivity contribution in [2.45, 2.75) is 19.5 Å². The molecule has 1 atom stereocenters. The standard InChI is InChI=1S/C15H18N2O2/c1-10(15(16)18)17-9-11-3-4-13-8-14(19-2)6-5-12(13)7-11/h3-8,10,17H,9H2,1-2H3,(H2,16,18). The number of rotatable bonds is 5. The van der Waals surface area contributed by atoms with Gasteiger partial charge in [0.25, 0.3) is 0 Å². The van der Waals surface area contributed by atoms with E-state index in [0.29, 0.717) is 6.54 Å². The molecule has 0 aliphatic carbocycles. The summed E-state index contributed by atoms with van der Waals surface area (Å²) >= 11 is 0. The van der Waals surface area contributed by atoms with Crippen molar-refractivity contribution >= 4 is 16.7 Å². The lowest BCUT2D eigenvalue weighted by molar-refractivity contribution is -0.119. The minimum atomic E-state index is -0.342. The van der Waals surface area contributed by atoms with Gasteiger partial charge in [-0.1, -0.05) is 18.2 Å². The number of benzene rings is 2. The molecule has 0 saturated carbocycles. The largest absolute Gasteiger partial charge is 0.497 e. The van der Waals surface area contributed by atoms with Crippen LogP contribution in [0, 0.1) is 0 Å². The molecule has 3 N–H and O–H groups in total. The Kier molecular flexibility index (Phi) is 4.02. The zero-order valence-corrected chi connectivity index (χ0v) is 11.1. The van der Waals surface area contributed by atoms with E-state index in [0.717, 1.165) is 22.1 Å². The summed E-state index contributed by atoms with van der Waals surface area (Å²) in [6.45, 7) is 2.38. The molecule has 0 saturated heterocycles. The number of primary amides is 1. The molecule has 2 rings (SSSR count). The molecule has 1 amide bonds. The van der Waals surface area contributed by atoms with Gasteiger partial charge in [0.15, 0.2) is 0 Å². The number of carbonyl (C=O) groups is 1. The molecule has 4 heteroatoms. The van der Waals surface area contributed by atoms with Gasteiger partial charge in [0.2, 0.25) is 5.91 Å². The van der Waals surface area contributed by atoms with E-state index in [-0.39, 0.29) is 11.9 Å². The van der Waals surface area contributed by atoms with Gasteiger partial charge in [0, 0.05) is 6.54 Å². The molecule has 0 aliphatic rings. The van der Waals surface area contributed by atoms with Gasteiger partial charge in [-0.3, -0.25) is 4.79 Å². The van der Waals surface area contributed by atoms with Crippen LogP contribution in [0.25, 0.3) is 10.8 Å². The SMILES string of the molecule is COc1ccc2cc(CNC(C)C(N)=O)ccc2c1. The highest BCUT2D eigenvalue weighted by molar-refractivity contribution is 5.84. The highest BCUT2D eigenvalue weighted by atomic mass is 16.5. The predicted octanol–water partition coefficient (Wildman–Crippen LogP) is 1.81. The molecular weight excluding hydrogens is 240 g/mol. The summed E-state index contributed by atoms with van der Waals surface area (Å²) in [4.78, 5) is 10.9. The first-order valence-corrected chi connectivity index (χ1v) is 6.19. The highest BCUT2D eigenvalue weighted by Crippen LogP contribution is 2.21. The quantitative estimate of drug-likeness (QED) is 0.859. The van der Waals surface area contributed by atoms with Crippen LogP contribution in [0.15, 0.2) is 36.4 Å². The maximum Gasteiger partial charge on any atom is 0.234 e. The van der Waals surface area contributed by atoms with Crippen LogP contribution in [0.1, 0.15) is 12.5 Å². The van der Waals surface area contributed by atoms with E-state index in [1.54, 1.807) is 14.0 Å². The summed E-state index contributed by atoms with van der Waals surface area (Å²) < 4.78 is 5.19. The Morgan fingerprint density at radius 2 is 1.95 bits per heavy atom. The molecule has 0 heterocycles. The number of ether oxygens (including phenoxy) is 1. The molecule has 2 aromatic rings. The fourth-order valence-electron chi connectivity index (χ4n) is 1.88. The Morgan fingerprint density at radius 1 is 1.26 bits per heavy atom. The van der Waals surface area contributed by atoms with Crippen molar-refractivity contribution in [1.29, 1.82) is 0 Å². The van der Waals surface area contributed by atoms with Crippen LogP contribution < -0.4 is 15.8 Å². The average Bonchev–Trinajstić information content (AvgIpc) is 2.43. The fourth-order valence-corrected chi connectivity index (χ4v) is 1.88. The monoisotopic (exact) mass is 258 g/mol. The molecule has 100 valence electrons. The molecule has 4 nitrogen and oxygen atoms in total. The summed E-state index contributed by atoms with van der Waals surface area (Å²) in [5.41, 5.74) is 6.32. The number of amides is 1. The van der Waals surface area contributed by atoms with E-state index in [9.17, 15) is 4.79 Å². The van der Waals surface area contributed by atoms with E-state index in [1.807, 2.05) is 30.3 Å². The second-order valence-corrected chi connectivity index (χ2v) is 4.55. The third kappa shape index (κ3) is 3.23. The number of methoxy groups -OCH3 is 1. The third-order valence-corrected chi connectivity index (χ3v) is 3.15. The van der Waals surface area contributed by atoms with E-state index in [1.165, 1.54) is 0 Å². The normalized spacial score (nSPS) is 12.3. The molecule has 0 aromatic heterocycles. The van der Waals surface area contributed by atoms with Crippen molar-refractivity contribution in [3.8, 4) is 5.75 Å². The summed E-state index contributed by atoms with van der Waals surface area (Å²) in [5.74, 6) is 0.506. The fraction of sp³-hybridized carbons (Fsp3) is 0.267. The Hall–Kier alpha value is -2.07. The van der Waals surface area contributed by atoms with Crippen molar-refractivity contribution in [1.82, 2.24) is 5.32 Å². The number of nitrogens with one attached hydrogen (secondary N) is 1. The number of nitrogens with two attached hydrogens (primary N) is 1. The predicted molar refractivity (Wildman–Crippen MR) is 76.0 cm³/mol. The lowest BCUT2D eigenvalue weighted by Crippen LogP contribution is -2.38. The highest BCUT2D eigenvalue weighted by Gasteiger charge is 2.07. The van der Waals surface area contributed by atoms with Crippen LogP contribution in [0.2, 0.25) is 0 Å². The van der Waals surface area contributed by atoms with Crippen LogP contribution in [0.3, 0.4) is 0 Å². The molecule has 0 fully saturated rings. The first-order chi connectivity index (χ1) is 9.10. The topological polar surface area (TPSA) is 64.3 Å². The van der Waals surface area contributed by atoms with Crippen molar-refractivity contribution in [2.75, 3.05) is 7.11 Å². The number of fused-ring (bicyclic) bond motifs is 1. The van der Waals surface area contributed by atoms with Gasteiger partial charge in [-0.15, -0.1) is 0 Å². The minimum absolute atomic E-state index is 0.327. The van der Waals surface area contributed by atoms with Crippen molar-refractivity contribution in [3.05, 3.63) is 42.0 Å². The van der Waals surface area contributed by atoms with Crippen LogP contribution in [-0.4, -0.2) is 19.1 Å². The Morgan fingerprint density at radius 3 is 2.63 bits per heavy atom. The van der Waals surface area contributed by atoms with Crippen molar-refractivity contribution in [3.63, 3.8) is 0 Å². The molecule has 0 radical (unpaired) electrons. The first kappa shape index (κ1) is 13.4. The third-order valence-electron chi connectivity index (χ3n) is 3.15. The number of hydrogen-bond acceptors (Lipinski definition) is 3. The van der Waals surface area contributed by atoms with Gasteiger partial charge >= 0.3 is 0 Å². The average molecular weight is 258 g/mol. The Bertz CT molecular complexity index is 596. The summed E-state index contributed by atoms with van der Waals surface area (Å²) in [6.07, 6.45) is 0. The molecular formula is C15H18N2O2. The molecule has 0 aliphatic heterocycles. The van der Waals surface area contributed by atoms with Gasteiger partial charge in [0.05, 0.1) is 13.2 Å². The molecule has 0 bridgehead atoms. The van der Waals surface area contributed by atoms with Gasteiger partial charge in [0.1, 0.15) is 5.75 Å².